The van der Waals surface area contributed by atoms with Crippen molar-refractivity contribution >= 4 is 17.6 Å². The molecule has 1 heterocycles. The lowest BCUT2D eigenvalue weighted by molar-refractivity contribution is -0.118. The number of pyridine rings is 1. The Morgan fingerprint density at radius 1 is 1.24 bits per heavy atom. The van der Waals surface area contributed by atoms with Gasteiger partial charge in [0.15, 0.2) is 6.61 Å². The van der Waals surface area contributed by atoms with Crippen molar-refractivity contribution in [2.45, 2.75) is 0 Å². The van der Waals surface area contributed by atoms with Crippen molar-refractivity contribution in [2.24, 2.45) is 5.73 Å². The molecule has 1 aromatic carbocycles. The first-order chi connectivity index (χ1) is 10.0. The van der Waals surface area contributed by atoms with E-state index < -0.39 is 11.8 Å². The first-order valence-electron chi connectivity index (χ1n) is 5.98. The summed E-state index contributed by atoms with van der Waals surface area (Å²) in [6, 6.07) is 8.07. The monoisotopic (exact) mass is 289 g/mol. The lowest BCUT2D eigenvalue weighted by Crippen LogP contribution is -2.21. The summed E-state index contributed by atoms with van der Waals surface area (Å²) >= 11 is 0. The zero-order valence-electron chi connectivity index (χ0n) is 10.9. The van der Waals surface area contributed by atoms with E-state index in [1.165, 1.54) is 42.6 Å². The lowest BCUT2D eigenvalue weighted by Gasteiger charge is -2.07. The van der Waals surface area contributed by atoms with Gasteiger partial charge in [0.05, 0.1) is 0 Å². The molecule has 3 N–H and O–H groups in total. The molecule has 0 aliphatic rings. The van der Waals surface area contributed by atoms with Gasteiger partial charge >= 0.3 is 0 Å². The second-order valence-electron chi connectivity index (χ2n) is 4.08. The van der Waals surface area contributed by atoms with Crippen LogP contribution in [0.1, 0.15) is 10.4 Å². The Bertz CT molecular complexity index is 659. The van der Waals surface area contributed by atoms with Crippen LogP contribution >= 0.6 is 0 Å². The van der Waals surface area contributed by atoms with Gasteiger partial charge in [0.25, 0.3) is 5.91 Å². The molecule has 0 radical (unpaired) electrons. The minimum atomic E-state index is -0.615. The van der Waals surface area contributed by atoms with Crippen molar-refractivity contribution in [2.75, 3.05) is 11.9 Å². The first kappa shape index (κ1) is 14.4. The smallest absolute Gasteiger partial charge is 0.263 e. The topological polar surface area (TPSA) is 94.3 Å². The zero-order chi connectivity index (χ0) is 15.2. The second kappa shape index (κ2) is 6.47. The third-order valence-electron chi connectivity index (χ3n) is 2.50. The van der Waals surface area contributed by atoms with Gasteiger partial charge in [-0.2, -0.15) is 0 Å². The molecule has 1 aromatic heterocycles. The van der Waals surface area contributed by atoms with E-state index in [4.69, 9.17) is 10.5 Å². The number of nitrogens with one attached hydrogen (secondary N) is 1. The van der Waals surface area contributed by atoms with Gasteiger partial charge in [-0.25, -0.2) is 9.37 Å². The summed E-state index contributed by atoms with van der Waals surface area (Å²) in [4.78, 5) is 26.6. The van der Waals surface area contributed by atoms with Gasteiger partial charge in [-0.1, -0.05) is 0 Å². The number of primary amides is 1. The maximum Gasteiger partial charge on any atom is 0.263 e. The first-order valence-corrected chi connectivity index (χ1v) is 5.98. The maximum atomic E-state index is 12.7. The number of carbonyl (C=O) groups is 2. The molecule has 108 valence electrons. The molecule has 21 heavy (non-hydrogen) atoms. The molecule has 7 heteroatoms. The summed E-state index contributed by atoms with van der Waals surface area (Å²) in [6.45, 7) is -0.270. The van der Waals surface area contributed by atoms with Gasteiger partial charge in [-0.15, -0.1) is 0 Å². The normalized spacial score (nSPS) is 9.95. The summed E-state index contributed by atoms with van der Waals surface area (Å²) < 4.78 is 17.9. The fourth-order valence-electron chi connectivity index (χ4n) is 1.51. The molecule has 2 rings (SSSR count). The van der Waals surface area contributed by atoms with Gasteiger partial charge in [-0.3, -0.25) is 9.59 Å². The summed E-state index contributed by atoms with van der Waals surface area (Å²) in [5.74, 6) is -0.910. The quantitative estimate of drug-likeness (QED) is 0.868. The average molecular weight is 289 g/mol. The predicted octanol–water partition coefficient (Wildman–Crippen LogP) is 1.34. The van der Waals surface area contributed by atoms with Crippen LogP contribution < -0.4 is 15.8 Å². The molecule has 0 fully saturated rings. The number of nitrogens with zero attached hydrogens (tertiary/aromatic N) is 1. The van der Waals surface area contributed by atoms with E-state index in [9.17, 15) is 14.0 Å². The summed E-state index contributed by atoms with van der Waals surface area (Å²) in [7, 11) is 0. The Kier molecular flexibility index (Phi) is 4.45. The Hall–Kier alpha value is -2.96. The fraction of sp³-hybridized carbons (Fsp3) is 0.0714. The number of aromatic nitrogens is 1. The van der Waals surface area contributed by atoms with E-state index >= 15 is 0 Å². The number of anilines is 1. The highest BCUT2D eigenvalue weighted by Crippen LogP contribution is 2.11. The van der Waals surface area contributed by atoms with Crippen molar-refractivity contribution in [3.05, 3.63) is 54.0 Å². The van der Waals surface area contributed by atoms with E-state index in [2.05, 4.69) is 10.3 Å². The number of carbonyl (C=O) groups excluding carboxylic acids is 2. The van der Waals surface area contributed by atoms with E-state index in [1.54, 1.807) is 0 Å². The largest absolute Gasteiger partial charge is 0.484 e. The molecule has 0 saturated heterocycles. The number of hydrogen-bond donors (Lipinski definition) is 2. The molecule has 0 unspecified atom stereocenters. The minimum absolute atomic E-state index is 0.194. The second-order valence-corrected chi connectivity index (χ2v) is 4.08. The van der Waals surface area contributed by atoms with Gasteiger partial charge in [0, 0.05) is 11.8 Å². The zero-order valence-corrected chi connectivity index (χ0v) is 10.9. The summed E-state index contributed by atoms with van der Waals surface area (Å²) in [6.07, 6.45) is 1.36. The van der Waals surface area contributed by atoms with E-state index in [0.717, 1.165) is 0 Å². The van der Waals surface area contributed by atoms with Gasteiger partial charge in [0.1, 0.15) is 17.4 Å². The highest BCUT2D eigenvalue weighted by atomic mass is 19.1. The highest BCUT2D eigenvalue weighted by Gasteiger charge is 2.07. The molecule has 0 aliphatic heterocycles. The van der Waals surface area contributed by atoms with Crippen LogP contribution in [0.25, 0.3) is 0 Å². The third kappa shape index (κ3) is 4.27. The molecule has 2 aromatic rings. The number of hydrogen-bond acceptors (Lipinski definition) is 4. The van der Waals surface area contributed by atoms with Crippen LogP contribution in [0, 0.1) is 5.82 Å². The Labute approximate surface area is 119 Å². The van der Waals surface area contributed by atoms with Crippen molar-refractivity contribution < 1.29 is 18.7 Å². The maximum absolute atomic E-state index is 12.7. The Morgan fingerprint density at radius 3 is 2.62 bits per heavy atom. The number of benzene rings is 1. The molecule has 0 atom stereocenters. The molecule has 0 aliphatic carbocycles. The number of amides is 2. The number of nitrogens with two attached hydrogens (primary N) is 1. The van der Waals surface area contributed by atoms with Crippen molar-refractivity contribution in [3.63, 3.8) is 0 Å². The minimum Gasteiger partial charge on any atom is -0.484 e. The summed E-state index contributed by atoms with van der Waals surface area (Å²) in [5, 5.41) is 2.46. The number of rotatable bonds is 5. The van der Waals surface area contributed by atoms with Crippen molar-refractivity contribution in [1.82, 2.24) is 4.98 Å². The third-order valence-corrected chi connectivity index (χ3v) is 2.50. The molecule has 2 amide bonds. The average Bonchev–Trinajstić information content (AvgIpc) is 2.47. The lowest BCUT2D eigenvalue weighted by atomic mass is 10.2. The van der Waals surface area contributed by atoms with Crippen molar-refractivity contribution in [1.29, 1.82) is 0 Å². The number of halogens is 1. The molecule has 0 bridgehead atoms. The van der Waals surface area contributed by atoms with Crippen LogP contribution in [0.4, 0.5) is 10.2 Å². The molecular weight excluding hydrogens is 277 g/mol. The van der Waals surface area contributed by atoms with Gasteiger partial charge in [-0.05, 0) is 36.4 Å². The summed E-state index contributed by atoms with van der Waals surface area (Å²) in [5.41, 5.74) is 5.36. The molecule has 6 nitrogen and oxygen atoms in total. The van der Waals surface area contributed by atoms with Crippen LogP contribution in [0.5, 0.6) is 5.75 Å². The van der Waals surface area contributed by atoms with Crippen LogP contribution in [0.15, 0.2) is 42.6 Å². The Balaban J connectivity index is 1.91. The molecule has 0 saturated carbocycles. The van der Waals surface area contributed by atoms with Crippen LogP contribution in [-0.2, 0) is 4.79 Å². The van der Waals surface area contributed by atoms with Crippen LogP contribution in [-0.4, -0.2) is 23.4 Å². The molecule has 0 spiro atoms. The standard InChI is InChI=1S/C14H12FN3O3/c15-10-1-3-11(4-2-10)21-8-13(19)18-12-7-9(14(16)20)5-6-17-12/h1-7H,8H2,(H2,16,20)(H,17,18,19). The fourth-order valence-corrected chi connectivity index (χ4v) is 1.51. The molecular formula is C14H12FN3O3. The van der Waals surface area contributed by atoms with Gasteiger partial charge in [0.2, 0.25) is 5.91 Å². The predicted molar refractivity (Wildman–Crippen MR) is 73.3 cm³/mol. The SMILES string of the molecule is NC(=O)c1ccnc(NC(=O)COc2ccc(F)cc2)c1. The number of ether oxygens (including phenoxy) is 1. The van der Waals surface area contributed by atoms with E-state index in [-0.39, 0.29) is 23.8 Å². The van der Waals surface area contributed by atoms with E-state index in [1.807, 2.05) is 0 Å². The van der Waals surface area contributed by atoms with Crippen LogP contribution in [0.2, 0.25) is 0 Å². The van der Waals surface area contributed by atoms with Crippen molar-refractivity contribution in [3.8, 4) is 5.75 Å². The highest BCUT2D eigenvalue weighted by molar-refractivity contribution is 5.95. The Morgan fingerprint density at radius 2 is 1.95 bits per heavy atom. The van der Waals surface area contributed by atoms with E-state index in [0.29, 0.717) is 5.75 Å². The van der Waals surface area contributed by atoms with Gasteiger partial charge < -0.3 is 15.8 Å². The van der Waals surface area contributed by atoms with Crippen LogP contribution in [0.3, 0.4) is 0 Å².